The number of rotatable bonds is 3. The predicted octanol–water partition coefficient (Wildman–Crippen LogP) is 0.943. The Kier molecular flexibility index (Phi) is 3.40. The van der Waals surface area contributed by atoms with Crippen molar-refractivity contribution in [2.45, 2.75) is 37.6 Å². The topological polar surface area (TPSA) is 49.3 Å². The highest BCUT2D eigenvalue weighted by Crippen LogP contribution is 2.26. The largest absolute Gasteiger partial charge is 0.480 e. The van der Waals surface area contributed by atoms with E-state index < -0.39 is 12.0 Å². The van der Waals surface area contributed by atoms with Gasteiger partial charge in [0.1, 0.15) is 6.04 Å². The van der Waals surface area contributed by atoms with Crippen LogP contribution >= 0.6 is 11.8 Å². The predicted molar refractivity (Wildman–Crippen MR) is 50.6 cm³/mol. The summed E-state index contributed by atoms with van der Waals surface area (Å²) in [5.41, 5.74) is 0. The summed E-state index contributed by atoms with van der Waals surface area (Å²) in [5.74, 6) is 0.379. The Morgan fingerprint density at radius 3 is 2.83 bits per heavy atom. The maximum atomic E-state index is 10.5. The molecule has 1 saturated heterocycles. The molecule has 12 heavy (non-hydrogen) atoms. The van der Waals surface area contributed by atoms with Crippen LogP contribution in [0.4, 0.5) is 0 Å². The molecule has 1 aliphatic rings. The van der Waals surface area contributed by atoms with Gasteiger partial charge in [0.05, 0.1) is 0 Å². The minimum atomic E-state index is -0.765. The maximum Gasteiger partial charge on any atom is 0.320 e. The molecule has 3 nitrogen and oxygen atoms in total. The van der Waals surface area contributed by atoms with Crippen LogP contribution in [0, 0.1) is 0 Å². The van der Waals surface area contributed by atoms with E-state index >= 15 is 0 Å². The van der Waals surface area contributed by atoms with Crippen LogP contribution in [0.25, 0.3) is 0 Å². The van der Waals surface area contributed by atoms with Crippen molar-refractivity contribution in [3.63, 3.8) is 0 Å². The van der Waals surface area contributed by atoms with Gasteiger partial charge in [-0.3, -0.25) is 4.79 Å². The highest BCUT2D eigenvalue weighted by molar-refractivity contribution is 8.00. The first-order chi connectivity index (χ1) is 5.61. The second-order valence-electron chi connectivity index (χ2n) is 3.20. The first-order valence-corrected chi connectivity index (χ1v) is 5.26. The first-order valence-electron chi connectivity index (χ1n) is 4.21. The number of carbonyl (C=O) groups is 1. The lowest BCUT2D eigenvalue weighted by Gasteiger charge is -2.19. The van der Waals surface area contributed by atoms with Gasteiger partial charge in [0.15, 0.2) is 0 Å². The summed E-state index contributed by atoms with van der Waals surface area (Å²) in [4.78, 5) is 10.5. The van der Waals surface area contributed by atoms with Crippen molar-refractivity contribution >= 4 is 17.7 Å². The lowest BCUT2D eigenvalue weighted by molar-refractivity contribution is -0.139. The monoisotopic (exact) mass is 189 g/mol. The molecule has 1 rings (SSSR count). The quantitative estimate of drug-likeness (QED) is 0.694. The fourth-order valence-electron chi connectivity index (χ4n) is 1.34. The molecule has 0 aromatic carbocycles. The number of hydrogen-bond donors (Lipinski definition) is 2. The molecule has 0 aromatic rings. The third kappa shape index (κ3) is 2.38. The van der Waals surface area contributed by atoms with Crippen LogP contribution in [-0.2, 0) is 4.79 Å². The van der Waals surface area contributed by atoms with Crippen molar-refractivity contribution in [3.05, 3.63) is 0 Å². The molecule has 1 heterocycles. The lowest BCUT2D eigenvalue weighted by atomic mass is 10.1. The minimum Gasteiger partial charge on any atom is -0.480 e. The minimum absolute atomic E-state index is 0.376. The fraction of sp³-hybridized carbons (Fsp3) is 0.875. The van der Waals surface area contributed by atoms with Crippen molar-refractivity contribution in [3.8, 4) is 0 Å². The number of nitrogens with one attached hydrogen (secondary N) is 1. The normalized spacial score (nSPS) is 31.8. The maximum absolute atomic E-state index is 10.5. The second kappa shape index (κ2) is 4.14. The summed E-state index contributed by atoms with van der Waals surface area (Å²) >= 11 is 1.90. The van der Waals surface area contributed by atoms with Gasteiger partial charge in [0, 0.05) is 11.3 Å². The molecule has 0 radical (unpaired) electrons. The smallest absolute Gasteiger partial charge is 0.320 e. The van der Waals surface area contributed by atoms with Gasteiger partial charge in [-0.25, -0.2) is 0 Å². The molecule has 1 fully saturated rings. The molecule has 70 valence electrons. The van der Waals surface area contributed by atoms with Gasteiger partial charge in [-0.05, 0) is 19.1 Å². The van der Waals surface area contributed by atoms with E-state index in [0.29, 0.717) is 11.3 Å². The Bertz CT molecular complexity index is 174. The summed E-state index contributed by atoms with van der Waals surface area (Å²) in [6.45, 7) is 3.84. The molecule has 3 atom stereocenters. The Morgan fingerprint density at radius 2 is 2.42 bits per heavy atom. The van der Waals surface area contributed by atoms with Gasteiger partial charge in [-0.15, -0.1) is 0 Å². The Morgan fingerprint density at radius 1 is 1.75 bits per heavy atom. The van der Waals surface area contributed by atoms with Crippen molar-refractivity contribution in [2.24, 2.45) is 0 Å². The van der Waals surface area contributed by atoms with E-state index in [1.807, 2.05) is 11.8 Å². The van der Waals surface area contributed by atoms with E-state index in [0.717, 1.165) is 12.2 Å². The molecular weight excluding hydrogens is 174 g/mol. The Hall–Kier alpha value is -0.220. The van der Waals surface area contributed by atoms with E-state index in [2.05, 4.69) is 12.2 Å². The van der Waals surface area contributed by atoms with Crippen LogP contribution in [0.5, 0.6) is 0 Å². The van der Waals surface area contributed by atoms with Gasteiger partial charge in [-0.1, -0.05) is 6.92 Å². The van der Waals surface area contributed by atoms with Gasteiger partial charge in [-0.2, -0.15) is 11.8 Å². The number of hydrogen-bond acceptors (Lipinski definition) is 3. The number of carboxylic acids is 1. The molecule has 4 heteroatoms. The second-order valence-corrected chi connectivity index (χ2v) is 4.68. The molecule has 1 aliphatic heterocycles. The third-order valence-corrected chi connectivity index (χ3v) is 3.54. The van der Waals surface area contributed by atoms with Crippen LogP contribution in [0.3, 0.4) is 0 Å². The van der Waals surface area contributed by atoms with E-state index in [4.69, 9.17) is 5.11 Å². The van der Waals surface area contributed by atoms with Crippen molar-refractivity contribution in [1.29, 1.82) is 0 Å². The molecular formula is C8H15NO2S. The third-order valence-electron chi connectivity index (χ3n) is 2.21. The van der Waals surface area contributed by atoms with E-state index in [1.165, 1.54) is 0 Å². The van der Waals surface area contributed by atoms with Gasteiger partial charge < -0.3 is 10.4 Å². The fourth-order valence-corrected chi connectivity index (χ4v) is 2.55. The number of carboxylic acid groups (broad SMARTS) is 1. The average Bonchev–Trinajstić information content (AvgIpc) is 2.36. The van der Waals surface area contributed by atoms with E-state index in [1.54, 1.807) is 6.92 Å². The molecule has 0 bridgehead atoms. The summed E-state index contributed by atoms with van der Waals surface area (Å²) in [6.07, 6.45) is 1.09. The van der Waals surface area contributed by atoms with Crippen LogP contribution in [0.2, 0.25) is 0 Å². The van der Waals surface area contributed by atoms with E-state index in [-0.39, 0.29) is 0 Å². The molecule has 0 saturated carbocycles. The van der Waals surface area contributed by atoms with E-state index in [9.17, 15) is 4.79 Å². The molecule has 2 unspecified atom stereocenters. The van der Waals surface area contributed by atoms with Crippen molar-refractivity contribution < 1.29 is 9.90 Å². The zero-order chi connectivity index (χ0) is 9.14. The van der Waals surface area contributed by atoms with Gasteiger partial charge in [0.2, 0.25) is 0 Å². The molecule has 0 spiro atoms. The molecule has 0 amide bonds. The first kappa shape index (κ1) is 9.86. The number of aliphatic carboxylic acids is 1. The Balaban J connectivity index is 2.35. The number of thioether (sulfide) groups is 1. The highest BCUT2D eigenvalue weighted by Gasteiger charge is 2.26. The molecule has 2 N–H and O–H groups in total. The van der Waals surface area contributed by atoms with Gasteiger partial charge in [0.25, 0.3) is 0 Å². The molecule has 0 aromatic heterocycles. The van der Waals surface area contributed by atoms with Crippen LogP contribution in [0.1, 0.15) is 20.3 Å². The summed E-state index contributed by atoms with van der Waals surface area (Å²) < 4.78 is 0. The summed E-state index contributed by atoms with van der Waals surface area (Å²) in [7, 11) is 0. The lowest BCUT2D eigenvalue weighted by Crippen LogP contribution is -2.43. The van der Waals surface area contributed by atoms with Crippen molar-refractivity contribution in [2.75, 3.05) is 5.75 Å². The summed E-state index contributed by atoms with van der Waals surface area (Å²) in [5, 5.41) is 12.3. The zero-order valence-electron chi connectivity index (χ0n) is 7.41. The SMILES string of the molecule is CC1SCCC1N[C@@H](C)C(=O)O. The highest BCUT2D eigenvalue weighted by atomic mass is 32.2. The van der Waals surface area contributed by atoms with Crippen LogP contribution in [-0.4, -0.2) is 34.2 Å². The van der Waals surface area contributed by atoms with Crippen molar-refractivity contribution in [1.82, 2.24) is 5.32 Å². The summed E-state index contributed by atoms with van der Waals surface area (Å²) in [6, 6.07) is -0.0442. The van der Waals surface area contributed by atoms with Crippen LogP contribution < -0.4 is 5.32 Å². The molecule has 0 aliphatic carbocycles. The standard InChI is InChI=1S/C8H15NO2S/c1-5(8(10)11)9-7-3-4-12-6(7)2/h5-7,9H,3-4H2,1-2H3,(H,10,11)/t5-,6?,7?/m0/s1. The zero-order valence-corrected chi connectivity index (χ0v) is 8.23. The van der Waals surface area contributed by atoms with Gasteiger partial charge >= 0.3 is 5.97 Å². The average molecular weight is 189 g/mol. The van der Waals surface area contributed by atoms with Crippen LogP contribution in [0.15, 0.2) is 0 Å². The Labute approximate surface area is 76.9 Å².